The highest BCUT2D eigenvalue weighted by Crippen LogP contribution is 2.26. The molecule has 0 aliphatic rings. The summed E-state index contributed by atoms with van der Waals surface area (Å²) in [5.41, 5.74) is 0.135. The second-order valence-electron chi connectivity index (χ2n) is 5.35. The Balaban J connectivity index is 2.14. The molecule has 0 aliphatic carbocycles. The van der Waals surface area contributed by atoms with E-state index in [0.717, 1.165) is 11.2 Å². The Labute approximate surface area is 127 Å². The summed E-state index contributed by atoms with van der Waals surface area (Å²) < 4.78 is 5.17. The zero-order valence-corrected chi connectivity index (χ0v) is 12.9. The summed E-state index contributed by atoms with van der Waals surface area (Å²) in [5.74, 6) is 0.405. The SMILES string of the molecule is CC(C)(C)OC(=O)Nc1cccc(-c2ccc(C=O)s2)n1. The van der Waals surface area contributed by atoms with Crippen LogP contribution < -0.4 is 5.32 Å². The highest BCUT2D eigenvalue weighted by Gasteiger charge is 2.16. The van der Waals surface area contributed by atoms with Crippen molar-refractivity contribution in [3.05, 3.63) is 35.2 Å². The fraction of sp³-hybridized carbons (Fsp3) is 0.267. The molecule has 0 saturated heterocycles. The summed E-state index contributed by atoms with van der Waals surface area (Å²) in [6, 6.07) is 8.86. The molecule has 2 heterocycles. The number of nitrogens with zero attached hydrogens (tertiary/aromatic N) is 1. The number of pyridine rings is 1. The number of hydrogen-bond donors (Lipinski definition) is 1. The third-order valence-corrected chi connectivity index (χ3v) is 3.41. The van der Waals surface area contributed by atoms with Crippen molar-refractivity contribution in [2.75, 3.05) is 5.32 Å². The molecule has 2 aromatic heterocycles. The minimum absolute atomic E-state index is 0.405. The Hall–Kier alpha value is -2.21. The molecule has 0 spiro atoms. The molecule has 110 valence electrons. The van der Waals surface area contributed by atoms with E-state index in [1.807, 2.05) is 12.1 Å². The average molecular weight is 304 g/mol. The number of rotatable bonds is 3. The third-order valence-electron chi connectivity index (χ3n) is 2.37. The molecule has 0 saturated carbocycles. The Morgan fingerprint density at radius 2 is 2.05 bits per heavy atom. The quantitative estimate of drug-likeness (QED) is 0.871. The normalized spacial score (nSPS) is 11.0. The standard InChI is InChI=1S/C15H16N2O3S/c1-15(2,3)20-14(19)17-13-6-4-5-11(16-13)12-8-7-10(9-18)21-12/h4-9H,1-3H3,(H,16,17,19). The van der Waals surface area contributed by atoms with Gasteiger partial charge >= 0.3 is 6.09 Å². The van der Waals surface area contributed by atoms with Crippen LogP contribution in [0.25, 0.3) is 10.6 Å². The molecule has 0 unspecified atom stereocenters. The molecule has 5 nitrogen and oxygen atoms in total. The first-order valence-corrected chi connectivity index (χ1v) is 7.21. The van der Waals surface area contributed by atoms with Crippen LogP contribution in [-0.4, -0.2) is 23.0 Å². The van der Waals surface area contributed by atoms with Crippen molar-refractivity contribution >= 4 is 29.5 Å². The molecule has 2 rings (SSSR count). The van der Waals surface area contributed by atoms with Crippen LogP contribution in [0.15, 0.2) is 30.3 Å². The average Bonchev–Trinajstić information content (AvgIpc) is 2.85. The maximum atomic E-state index is 11.7. The largest absolute Gasteiger partial charge is 0.444 e. The predicted molar refractivity (Wildman–Crippen MR) is 82.8 cm³/mol. The van der Waals surface area contributed by atoms with Crippen molar-refractivity contribution in [3.63, 3.8) is 0 Å². The zero-order valence-electron chi connectivity index (χ0n) is 12.0. The smallest absolute Gasteiger partial charge is 0.413 e. The fourth-order valence-electron chi connectivity index (χ4n) is 1.60. The van der Waals surface area contributed by atoms with Gasteiger partial charge in [0.1, 0.15) is 11.4 Å². The van der Waals surface area contributed by atoms with Crippen molar-refractivity contribution in [1.29, 1.82) is 0 Å². The number of aromatic nitrogens is 1. The topological polar surface area (TPSA) is 68.3 Å². The highest BCUT2D eigenvalue weighted by atomic mass is 32.1. The molecule has 1 amide bonds. The van der Waals surface area contributed by atoms with Crippen molar-refractivity contribution < 1.29 is 14.3 Å². The zero-order chi connectivity index (χ0) is 15.5. The molecule has 0 fully saturated rings. The molecule has 0 aromatic carbocycles. The number of anilines is 1. The summed E-state index contributed by atoms with van der Waals surface area (Å²) in [7, 11) is 0. The van der Waals surface area contributed by atoms with Crippen LogP contribution in [0.4, 0.5) is 10.6 Å². The van der Waals surface area contributed by atoms with Gasteiger partial charge < -0.3 is 4.74 Å². The van der Waals surface area contributed by atoms with Gasteiger partial charge in [-0.1, -0.05) is 6.07 Å². The maximum Gasteiger partial charge on any atom is 0.413 e. The first-order valence-electron chi connectivity index (χ1n) is 6.40. The monoisotopic (exact) mass is 304 g/mol. The molecule has 0 aliphatic heterocycles. The molecule has 0 atom stereocenters. The molecular formula is C15H16N2O3S. The van der Waals surface area contributed by atoms with E-state index < -0.39 is 11.7 Å². The number of hydrogen-bond acceptors (Lipinski definition) is 5. The Kier molecular flexibility index (Phi) is 4.37. The Bertz CT molecular complexity index is 659. The van der Waals surface area contributed by atoms with Crippen LogP contribution in [0, 0.1) is 0 Å². The lowest BCUT2D eigenvalue weighted by Crippen LogP contribution is -2.27. The van der Waals surface area contributed by atoms with E-state index >= 15 is 0 Å². The molecule has 6 heteroatoms. The fourth-order valence-corrected chi connectivity index (χ4v) is 2.40. The number of nitrogens with one attached hydrogen (secondary N) is 1. The van der Waals surface area contributed by atoms with Gasteiger partial charge in [0.15, 0.2) is 6.29 Å². The van der Waals surface area contributed by atoms with E-state index in [4.69, 9.17) is 4.74 Å². The second kappa shape index (κ2) is 6.05. The molecule has 21 heavy (non-hydrogen) atoms. The van der Waals surface area contributed by atoms with Gasteiger partial charge in [0.05, 0.1) is 15.4 Å². The van der Waals surface area contributed by atoms with E-state index in [2.05, 4.69) is 10.3 Å². The predicted octanol–water partition coefficient (Wildman–Crippen LogP) is 3.97. The summed E-state index contributed by atoms with van der Waals surface area (Å²) in [4.78, 5) is 28.3. The first kappa shape index (κ1) is 15.2. The van der Waals surface area contributed by atoms with Crippen molar-refractivity contribution in [1.82, 2.24) is 4.98 Å². The molecule has 0 radical (unpaired) electrons. The number of aldehydes is 1. The van der Waals surface area contributed by atoms with Gasteiger partial charge in [-0.15, -0.1) is 11.3 Å². The summed E-state index contributed by atoms with van der Waals surface area (Å²) in [6.07, 6.45) is 0.253. The lowest BCUT2D eigenvalue weighted by Gasteiger charge is -2.19. The first-order chi connectivity index (χ1) is 9.87. The van der Waals surface area contributed by atoms with E-state index in [1.54, 1.807) is 39.0 Å². The Morgan fingerprint density at radius 1 is 1.29 bits per heavy atom. The van der Waals surface area contributed by atoms with Gasteiger partial charge in [0.2, 0.25) is 0 Å². The number of carbonyl (C=O) groups is 2. The van der Waals surface area contributed by atoms with Gasteiger partial charge in [-0.2, -0.15) is 0 Å². The van der Waals surface area contributed by atoms with Crippen LogP contribution >= 0.6 is 11.3 Å². The maximum absolute atomic E-state index is 11.7. The van der Waals surface area contributed by atoms with Gasteiger partial charge in [0.25, 0.3) is 0 Å². The molecule has 0 bridgehead atoms. The van der Waals surface area contributed by atoms with Crippen LogP contribution in [-0.2, 0) is 4.74 Å². The van der Waals surface area contributed by atoms with Gasteiger partial charge in [-0.05, 0) is 45.0 Å². The van der Waals surface area contributed by atoms with Gasteiger partial charge in [-0.25, -0.2) is 9.78 Å². The number of ether oxygens (including phenoxy) is 1. The Morgan fingerprint density at radius 3 is 2.67 bits per heavy atom. The minimum atomic E-state index is -0.561. The van der Waals surface area contributed by atoms with E-state index in [1.165, 1.54) is 11.3 Å². The number of thiophene rings is 1. The van der Waals surface area contributed by atoms with Gasteiger partial charge in [0, 0.05) is 0 Å². The van der Waals surface area contributed by atoms with E-state index in [0.29, 0.717) is 16.4 Å². The molecular weight excluding hydrogens is 288 g/mol. The lowest BCUT2D eigenvalue weighted by atomic mass is 10.2. The van der Waals surface area contributed by atoms with Crippen LogP contribution in [0.5, 0.6) is 0 Å². The molecule has 2 aromatic rings. The van der Waals surface area contributed by atoms with Crippen molar-refractivity contribution in [2.45, 2.75) is 26.4 Å². The van der Waals surface area contributed by atoms with Crippen molar-refractivity contribution in [2.24, 2.45) is 0 Å². The van der Waals surface area contributed by atoms with E-state index in [-0.39, 0.29) is 0 Å². The number of amides is 1. The minimum Gasteiger partial charge on any atom is -0.444 e. The summed E-state index contributed by atoms with van der Waals surface area (Å²) in [5, 5.41) is 2.59. The highest BCUT2D eigenvalue weighted by molar-refractivity contribution is 7.17. The number of carbonyl (C=O) groups excluding carboxylic acids is 2. The third kappa shape index (κ3) is 4.39. The molecule has 1 N–H and O–H groups in total. The van der Waals surface area contributed by atoms with E-state index in [9.17, 15) is 9.59 Å². The second-order valence-corrected chi connectivity index (χ2v) is 6.47. The van der Waals surface area contributed by atoms with Crippen molar-refractivity contribution in [3.8, 4) is 10.6 Å². The van der Waals surface area contributed by atoms with Crippen LogP contribution in [0.1, 0.15) is 30.4 Å². The summed E-state index contributed by atoms with van der Waals surface area (Å²) >= 11 is 1.35. The van der Waals surface area contributed by atoms with Crippen LogP contribution in [0.3, 0.4) is 0 Å². The van der Waals surface area contributed by atoms with Gasteiger partial charge in [-0.3, -0.25) is 10.1 Å². The summed E-state index contributed by atoms with van der Waals surface area (Å²) in [6.45, 7) is 5.38. The van der Waals surface area contributed by atoms with Crippen LogP contribution in [0.2, 0.25) is 0 Å². The lowest BCUT2D eigenvalue weighted by molar-refractivity contribution is 0.0635.